The molecule has 0 amide bonds. The van der Waals surface area contributed by atoms with Crippen LogP contribution in [-0.2, 0) is 4.79 Å². The van der Waals surface area contributed by atoms with Crippen LogP contribution in [0.25, 0.3) is 0 Å². The normalized spacial score (nSPS) is 11.2. The minimum atomic E-state index is -0.239. The van der Waals surface area contributed by atoms with Gasteiger partial charge in [-0.2, -0.15) is 0 Å². The van der Waals surface area contributed by atoms with Crippen molar-refractivity contribution in [1.82, 2.24) is 0 Å². The van der Waals surface area contributed by atoms with Crippen molar-refractivity contribution in [2.45, 2.75) is 2.11 Å². The summed E-state index contributed by atoms with van der Waals surface area (Å²) in [5, 5.41) is 0. The summed E-state index contributed by atoms with van der Waals surface area (Å²) in [6.07, 6.45) is 1.25. The molecule has 3 aromatic carbocycles. The van der Waals surface area contributed by atoms with Gasteiger partial charge in [0.2, 0.25) is 0 Å². The van der Waals surface area contributed by atoms with Gasteiger partial charge in [0, 0.05) is 0 Å². The summed E-state index contributed by atoms with van der Waals surface area (Å²) >= 11 is 0.380. The first kappa shape index (κ1) is 17.7. The second-order valence-corrected chi connectivity index (χ2v) is 17.2. The number of hydrogen-bond acceptors (Lipinski definition) is 1. The van der Waals surface area contributed by atoms with E-state index in [1.165, 1.54) is 19.7 Å². The van der Waals surface area contributed by atoms with Crippen molar-refractivity contribution in [3.05, 3.63) is 91.0 Å². The van der Waals surface area contributed by atoms with E-state index in [4.69, 9.17) is 0 Å². The fourth-order valence-corrected chi connectivity index (χ4v) is 14.2. The zero-order chi connectivity index (χ0) is 16.7. The quantitative estimate of drug-likeness (QED) is 0.348. The van der Waals surface area contributed by atoms with Crippen molar-refractivity contribution in [3.63, 3.8) is 0 Å². The Kier molecular flexibility index (Phi) is 6.51. The summed E-state index contributed by atoms with van der Waals surface area (Å²) in [4.78, 5) is 12.3. The van der Waals surface area contributed by atoms with Crippen LogP contribution in [0.3, 0.4) is 0 Å². The molecule has 120 valence electrons. The second kappa shape index (κ2) is 8.83. The molecular formula is C20H16OSe3. The number of carbonyl (C=O) groups excluding carboxylic acids is 1. The molecule has 0 unspecified atom stereocenters. The standard InChI is InChI=1S/C20H16OSe3/c21-16-20(22-17-10-4-1-5-11-17,23-18-12-6-2-7-13-18)24-19-14-8-3-9-15-19/h1-16H. The first-order chi connectivity index (χ1) is 11.8. The van der Waals surface area contributed by atoms with Crippen molar-refractivity contribution < 1.29 is 4.79 Å². The van der Waals surface area contributed by atoms with Crippen molar-refractivity contribution in [1.29, 1.82) is 0 Å². The van der Waals surface area contributed by atoms with Crippen LogP contribution in [0.4, 0.5) is 0 Å². The summed E-state index contributed by atoms with van der Waals surface area (Å²) in [6.45, 7) is 0. The molecule has 0 saturated heterocycles. The Bertz CT molecular complexity index is 659. The molecule has 24 heavy (non-hydrogen) atoms. The van der Waals surface area contributed by atoms with Gasteiger partial charge >= 0.3 is 162 Å². The predicted octanol–water partition coefficient (Wildman–Crippen LogP) is 1.35. The van der Waals surface area contributed by atoms with Crippen LogP contribution in [0, 0.1) is 0 Å². The third-order valence-electron chi connectivity index (χ3n) is 3.15. The van der Waals surface area contributed by atoms with Crippen LogP contribution in [-0.4, -0.2) is 51.2 Å². The monoisotopic (exact) mass is 512 g/mol. The van der Waals surface area contributed by atoms with Gasteiger partial charge in [-0.05, 0) is 0 Å². The van der Waals surface area contributed by atoms with Crippen LogP contribution in [0.5, 0.6) is 0 Å². The molecule has 0 N–H and O–H groups in total. The van der Waals surface area contributed by atoms with Gasteiger partial charge in [-0.3, -0.25) is 0 Å². The van der Waals surface area contributed by atoms with Gasteiger partial charge in [0.25, 0.3) is 0 Å². The third kappa shape index (κ3) is 4.94. The van der Waals surface area contributed by atoms with Gasteiger partial charge in [0.1, 0.15) is 0 Å². The summed E-state index contributed by atoms with van der Waals surface area (Å²) in [7, 11) is 0. The number of hydrogen-bond donors (Lipinski definition) is 0. The molecule has 0 aliphatic carbocycles. The molecule has 1 nitrogen and oxygen atoms in total. The van der Waals surface area contributed by atoms with E-state index in [2.05, 4.69) is 72.8 Å². The topological polar surface area (TPSA) is 17.1 Å². The number of benzene rings is 3. The average Bonchev–Trinajstić information content (AvgIpc) is 2.64. The maximum absolute atomic E-state index is 12.3. The summed E-state index contributed by atoms with van der Waals surface area (Å²) in [6, 6.07) is 31.4. The Morgan fingerprint density at radius 1 is 0.542 bits per heavy atom. The van der Waals surface area contributed by atoms with Gasteiger partial charge in [-0.15, -0.1) is 0 Å². The van der Waals surface area contributed by atoms with E-state index in [0.717, 1.165) is 0 Å². The second-order valence-electron chi connectivity index (χ2n) is 4.97. The number of carbonyl (C=O) groups is 1. The van der Waals surface area contributed by atoms with Gasteiger partial charge in [-0.25, -0.2) is 0 Å². The van der Waals surface area contributed by atoms with Gasteiger partial charge in [-0.1, -0.05) is 0 Å². The van der Waals surface area contributed by atoms with Gasteiger partial charge < -0.3 is 0 Å². The molecule has 0 fully saturated rings. The molecule has 0 aliphatic heterocycles. The molecule has 0 heterocycles. The van der Waals surface area contributed by atoms with Crippen molar-refractivity contribution >= 4 is 64.5 Å². The molecule has 3 rings (SSSR count). The van der Waals surface area contributed by atoms with E-state index in [0.29, 0.717) is 0 Å². The molecule has 0 saturated carbocycles. The maximum atomic E-state index is 12.3. The number of rotatable bonds is 7. The Labute approximate surface area is 161 Å². The van der Waals surface area contributed by atoms with E-state index in [-0.39, 0.29) is 47.0 Å². The predicted molar refractivity (Wildman–Crippen MR) is 104 cm³/mol. The van der Waals surface area contributed by atoms with Crippen LogP contribution in [0.2, 0.25) is 2.11 Å². The molecule has 4 heteroatoms. The van der Waals surface area contributed by atoms with Crippen LogP contribution < -0.4 is 13.4 Å². The molecule has 0 radical (unpaired) electrons. The number of aldehydes is 1. The Hall–Kier alpha value is -1.11. The summed E-state index contributed by atoms with van der Waals surface area (Å²) < 4.78 is 3.66. The van der Waals surface area contributed by atoms with Gasteiger partial charge in [0.15, 0.2) is 0 Å². The molecule has 3 aromatic rings. The van der Waals surface area contributed by atoms with E-state index < -0.39 is 0 Å². The molecule has 0 aromatic heterocycles. The average molecular weight is 509 g/mol. The molecule has 0 atom stereocenters. The van der Waals surface area contributed by atoms with E-state index >= 15 is 0 Å². The summed E-state index contributed by atoms with van der Waals surface area (Å²) in [5.74, 6) is 0. The Morgan fingerprint density at radius 3 is 1.08 bits per heavy atom. The summed E-state index contributed by atoms with van der Waals surface area (Å²) in [5.41, 5.74) is 0. The minimum absolute atomic E-state index is 0.127. The first-order valence-corrected chi connectivity index (χ1v) is 12.6. The molecule has 0 spiro atoms. The fourth-order valence-electron chi connectivity index (χ4n) is 2.09. The zero-order valence-electron chi connectivity index (χ0n) is 12.9. The SMILES string of the molecule is O=CC([Se]c1ccccc1)([Se]c1ccccc1)[Se]c1ccccc1. The van der Waals surface area contributed by atoms with E-state index in [1.54, 1.807) is 0 Å². The van der Waals surface area contributed by atoms with Crippen molar-refractivity contribution in [2.75, 3.05) is 0 Å². The Morgan fingerprint density at radius 2 is 0.833 bits per heavy atom. The molecule has 0 aliphatic rings. The Balaban J connectivity index is 1.92. The molecule has 0 bridgehead atoms. The first-order valence-electron chi connectivity index (χ1n) is 7.48. The van der Waals surface area contributed by atoms with Gasteiger partial charge in [0.05, 0.1) is 0 Å². The zero-order valence-corrected chi connectivity index (χ0v) is 18.0. The third-order valence-corrected chi connectivity index (χ3v) is 14.2. The van der Waals surface area contributed by atoms with Crippen molar-refractivity contribution in [3.8, 4) is 0 Å². The van der Waals surface area contributed by atoms with Crippen LogP contribution in [0.1, 0.15) is 0 Å². The van der Waals surface area contributed by atoms with Crippen LogP contribution >= 0.6 is 0 Å². The fraction of sp³-hybridized carbons (Fsp3) is 0.0500. The van der Waals surface area contributed by atoms with Crippen molar-refractivity contribution in [2.24, 2.45) is 0 Å². The van der Waals surface area contributed by atoms with E-state index in [1.807, 2.05) is 18.2 Å². The van der Waals surface area contributed by atoms with Crippen LogP contribution in [0.15, 0.2) is 91.0 Å². The molecular weight excluding hydrogens is 493 g/mol. The van der Waals surface area contributed by atoms with E-state index in [9.17, 15) is 4.79 Å².